The molecule has 7 nitrogen and oxygen atoms in total. The number of benzene rings is 1. The summed E-state index contributed by atoms with van der Waals surface area (Å²) < 4.78 is 4.35. The van der Waals surface area contributed by atoms with Crippen molar-refractivity contribution in [1.82, 2.24) is 0 Å². The second kappa shape index (κ2) is 6.15. The zero-order chi connectivity index (χ0) is 15.3. The molecule has 102 valence electrons. The van der Waals surface area contributed by atoms with Crippen LogP contribution in [0.2, 0.25) is 0 Å². The molecule has 0 unspecified atom stereocenters. The van der Waals surface area contributed by atoms with Crippen LogP contribution in [0, 0.1) is 11.3 Å². The third kappa shape index (κ3) is 3.00. The lowest BCUT2D eigenvalue weighted by atomic mass is 9.95. The number of ether oxygens (including phenoxy) is 1. The first-order chi connectivity index (χ1) is 9.42. The van der Waals surface area contributed by atoms with Gasteiger partial charge in [0.15, 0.2) is 0 Å². The van der Waals surface area contributed by atoms with E-state index in [0.29, 0.717) is 0 Å². The number of nitriles is 1. The van der Waals surface area contributed by atoms with Crippen molar-refractivity contribution in [2.45, 2.75) is 0 Å². The van der Waals surface area contributed by atoms with Crippen molar-refractivity contribution < 1.29 is 29.3 Å². The molecule has 0 bridgehead atoms. The second-order valence-corrected chi connectivity index (χ2v) is 3.53. The summed E-state index contributed by atoms with van der Waals surface area (Å²) in [6, 6.07) is 5.28. The van der Waals surface area contributed by atoms with Crippen molar-refractivity contribution >= 4 is 23.5 Å². The van der Waals surface area contributed by atoms with Crippen molar-refractivity contribution in [3.8, 4) is 6.07 Å². The summed E-state index contributed by atoms with van der Waals surface area (Å²) in [5, 5.41) is 27.1. The fourth-order valence-corrected chi connectivity index (χ4v) is 1.53. The quantitative estimate of drug-likeness (QED) is 0.479. The number of carbonyl (C=O) groups is 3. The van der Waals surface area contributed by atoms with E-state index >= 15 is 0 Å². The Morgan fingerprint density at radius 1 is 1.20 bits per heavy atom. The van der Waals surface area contributed by atoms with Crippen LogP contribution < -0.4 is 0 Å². The van der Waals surface area contributed by atoms with Crippen LogP contribution in [-0.2, 0) is 9.53 Å². The average molecular weight is 275 g/mol. The predicted molar refractivity (Wildman–Crippen MR) is 66.0 cm³/mol. The number of nitrogens with zero attached hydrogens (tertiary/aromatic N) is 1. The van der Waals surface area contributed by atoms with E-state index in [-0.39, 0.29) is 11.1 Å². The molecule has 0 spiro atoms. The molecule has 1 rings (SSSR count). The first-order valence-electron chi connectivity index (χ1n) is 5.22. The van der Waals surface area contributed by atoms with Crippen LogP contribution in [0.25, 0.3) is 5.57 Å². The lowest BCUT2D eigenvalue weighted by Gasteiger charge is -2.07. The Hall–Kier alpha value is -3.14. The Labute approximate surface area is 113 Å². The van der Waals surface area contributed by atoms with Crippen LogP contribution in [0.1, 0.15) is 26.3 Å². The summed E-state index contributed by atoms with van der Waals surface area (Å²) in [4.78, 5) is 33.4. The van der Waals surface area contributed by atoms with Crippen molar-refractivity contribution in [1.29, 1.82) is 5.26 Å². The van der Waals surface area contributed by atoms with E-state index in [1.165, 1.54) is 12.1 Å². The fourth-order valence-electron chi connectivity index (χ4n) is 1.53. The molecule has 0 saturated carbocycles. The normalized spacial score (nSPS) is 10.5. The summed E-state index contributed by atoms with van der Waals surface area (Å²) in [5.41, 5.74) is -1.49. The molecule has 0 radical (unpaired) electrons. The van der Waals surface area contributed by atoms with Gasteiger partial charge in [-0.1, -0.05) is 12.1 Å². The highest BCUT2D eigenvalue weighted by atomic mass is 16.5. The van der Waals surface area contributed by atoms with Crippen molar-refractivity contribution in [2.24, 2.45) is 0 Å². The van der Waals surface area contributed by atoms with E-state index in [0.717, 1.165) is 19.3 Å². The highest BCUT2D eigenvalue weighted by molar-refractivity contribution is 6.07. The van der Waals surface area contributed by atoms with E-state index in [2.05, 4.69) is 4.74 Å². The molecule has 0 aliphatic carbocycles. The minimum atomic E-state index is -1.51. The number of aromatic carboxylic acids is 2. The molecule has 2 N–H and O–H groups in total. The molecule has 0 atom stereocenters. The molecular formula is C13H9NO6. The molecule has 0 saturated heterocycles. The van der Waals surface area contributed by atoms with Gasteiger partial charge >= 0.3 is 17.9 Å². The van der Waals surface area contributed by atoms with Crippen LogP contribution in [0.3, 0.4) is 0 Å². The van der Waals surface area contributed by atoms with Crippen molar-refractivity contribution in [3.63, 3.8) is 0 Å². The Bertz CT molecular complexity index is 653. The van der Waals surface area contributed by atoms with Crippen molar-refractivity contribution in [2.75, 3.05) is 7.11 Å². The van der Waals surface area contributed by atoms with E-state index < -0.39 is 29.0 Å². The van der Waals surface area contributed by atoms with Crippen LogP contribution in [0.5, 0.6) is 0 Å². The number of rotatable bonds is 4. The Morgan fingerprint density at radius 2 is 1.80 bits per heavy atom. The molecular weight excluding hydrogens is 266 g/mol. The molecule has 0 heterocycles. The lowest BCUT2D eigenvalue weighted by Crippen LogP contribution is -2.11. The highest BCUT2D eigenvalue weighted by Gasteiger charge is 2.22. The first-order valence-corrected chi connectivity index (χ1v) is 5.22. The minimum absolute atomic E-state index is 0.162. The summed E-state index contributed by atoms with van der Waals surface area (Å²) in [6.07, 6.45) is 0.799. The summed E-state index contributed by atoms with van der Waals surface area (Å²) in [5.74, 6) is -3.80. The summed E-state index contributed by atoms with van der Waals surface area (Å²) in [6.45, 7) is 0. The highest BCUT2D eigenvalue weighted by Crippen LogP contribution is 2.22. The number of allylic oxidation sites excluding steroid dienone is 1. The van der Waals surface area contributed by atoms with E-state index in [4.69, 9.17) is 15.5 Å². The van der Waals surface area contributed by atoms with Gasteiger partial charge in [0, 0.05) is 11.6 Å². The molecule has 1 aromatic carbocycles. The molecule has 1 aromatic rings. The Balaban J connectivity index is 3.60. The number of methoxy groups -OCH3 is 1. The third-order valence-corrected chi connectivity index (χ3v) is 2.38. The average Bonchev–Trinajstić information content (AvgIpc) is 2.43. The van der Waals surface area contributed by atoms with Crippen LogP contribution in [-0.4, -0.2) is 35.2 Å². The maximum Gasteiger partial charge on any atom is 0.337 e. The van der Waals surface area contributed by atoms with E-state index in [1.54, 1.807) is 6.07 Å². The number of hydrogen-bond donors (Lipinski definition) is 2. The van der Waals surface area contributed by atoms with Gasteiger partial charge in [-0.05, 0) is 6.07 Å². The largest absolute Gasteiger partial charge is 0.478 e. The van der Waals surface area contributed by atoms with E-state index in [9.17, 15) is 14.4 Å². The zero-order valence-electron chi connectivity index (χ0n) is 10.3. The zero-order valence-corrected chi connectivity index (χ0v) is 10.3. The van der Waals surface area contributed by atoms with Gasteiger partial charge in [-0.2, -0.15) is 5.26 Å². The Morgan fingerprint density at radius 3 is 2.25 bits per heavy atom. The van der Waals surface area contributed by atoms with Gasteiger partial charge in [-0.25, -0.2) is 14.4 Å². The maximum atomic E-state index is 11.2. The molecule has 7 heteroatoms. The molecule has 0 amide bonds. The number of carbonyl (C=O) groups excluding carboxylic acids is 1. The maximum absolute atomic E-state index is 11.2. The third-order valence-electron chi connectivity index (χ3n) is 2.38. The number of carboxylic acid groups (broad SMARTS) is 2. The van der Waals surface area contributed by atoms with Gasteiger partial charge in [0.05, 0.1) is 23.8 Å². The Kier molecular flexibility index (Phi) is 4.59. The number of esters is 1. The monoisotopic (exact) mass is 275 g/mol. The van der Waals surface area contributed by atoms with Crippen molar-refractivity contribution in [3.05, 3.63) is 41.0 Å². The van der Waals surface area contributed by atoms with Gasteiger partial charge in [0.2, 0.25) is 0 Å². The molecule has 0 fully saturated rings. The van der Waals surface area contributed by atoms with Gasteiger partial charge in [-0.3, -0.25) is 0 Å². The molecule has 0 aromatic heterocycles. The molecule has 0 aliphatic rings. The van der Waals surface area contributed by atoms with Gasteiger partial charge in [0.25, 0.3) is 0 Å². The smallest absolute Gasteiger partial charge is 0.337 e. The van der Waals surface area contributed by atoms with Crippen LogP contribution in [0.15, 0.2) is 24.3 Å². The predicted octanol–water partition coefficient (Wildman–Crippen LogP) is 1.16. The van der Waals surface area contributed by atoms with Gasteiger partial charge in [0.1, 0.15) is 6.07 Å². The number of hydrogen-bond acceptors (Lipinski definition) is 5. The minimum Gasteiger partial charge on any atom is -0.478 e. The fraction of sp³-hybridized carbons (Fsp3) is 0.0769. The second-order valence-electron chi connectivity index (χ2n) is 3.53. The molecule has 0 aliphatic heterocycles. The standard InChI is InChI=1S/C13H9NO6/c1-20-10(15)5-7(6-14)8-3-2-4-9(12(16)17)11(8)13(18)19/h2-5H,1H3,(H,16,17)(H,18,19). The first kappa shape index (κ1) is 14.9. The van der Waals surface area contributed by atoms with Gasteiger partial charge in [-0.15, -0.1) is 0 Å². The SMILES string of the molecule is COC(=O)C=C(C#N)c1cccc(C(=O)O)c1C(=O)O. The molecule has 20 heavy (non-hydrogen) atoms. The topological polar surface area (TPSA) is 125 Å². The lowest BCUT2D eigenvalue weighted by molar-refractivity contribution is -0.134. The van der Waals surface area contributed by atoms with E-state index in [1.807, 2.05) is 0 Å². The van der Waals surface area contributed by atoms with Crippen LogP contribution >= 0.6 is 0 Å². The number of carboxylic acids is 2. The summed E-state index contributed by atoms with van der Waals surface area (Å²) in [7, 11) is 1.10. The summed E-state index contributed by atoms with van der Waals surface area (Å²) >= 11 is 0. The van der Waals surface area contributed by atoms with Crippen LogP contribution in [0.4, 0.5) is 0 Å². The van der Waals surface area contributed by atoms with Gasteiger partial charge < -0.3 is 14.9 Å².